The number of allylic oxidation sites excluding steroid dienone is 2. The number of alkyl halides is 6. The summed E-state index contributed by atoms with van der Waals surface area (Å²) in [5.41, 5.74) is 0. The quantitative estimate of drug-likeness (QED) is 0.184. The number of esters is 3. The van der Waals surface area contributed by atoms with E-state index in [1.54, 1.807) is 6.92 Å². The van der Waals surface area contributed by atoms with Crippen LogP contribution < -0.4 is 0 Å². The molecule has 13 heteroatoms. The molecule has 41 heavy (non-hydrogen) atoms. The highest BCUT2D eigenvalue weighted by Gasteiger charge is 2.55. The lowest BCUT2D eigenvalue weighted by Gasteiger charge is -2.34. The summed E-state index contributed by atoms with van der Waals surface area (Å²) in [5.74, 6) is -8.86. The fourth-order valence-electron chi connectivity index (χ4n) is 7.37. The molecule has 0 aromatic carbocycles. The first kappa shape index (κ1) is 31.3. The van der Waals surface area contributed by atoms with Crippen molar-refractivity contribution in [3.8, 4) is 0 Å². The summed E-state index contributed by atoms with van der Waals surface area (Å²) in [4.78, 5) is 49.9. The molecule has 4 aliphatic rings. The maximum Gasteiger partial charge on any atom is 0.490 e. The van der Waals surface area contributed by atoms with Gasteiger partial charge >= 0.3 is 30.3 Å². The predicted octanol–water partition coefficient (Wildman–Crippen LogP) is 5.50. The van der Waals surface area contributed by atoms with Crippen LogP contribution in [0.25, 0.3) is 0 Å². The van der Waals surface area contributed by atoms with Crippen molar-refractivity contribution in [1.82, 2.24) is 0 Å². The average Bonchev–Trinajstić information content (AvgIpc) is 3.45. The first-order chi connectivity index (χ1) is 19.1. The highest BCUT2D eigenvalue weighted by Crippen LogP contribution is 2.57. The molecule has 3 fully saturated rings. The van der Waals surface area contributed by atoms with E-state index in [9.17, 15) is 45.5 Å². The second-order valence-electron chi connectivity index (χ2n) is 11.7. The fraction of sp³-hybridized carbons (Fsp3) is 0.786. The molecule has 230 valence electrons. The Bertz CT molecular complexity index is 1050. The lowest BCUT2D eigenvalue weighted by atomic mass is 9.71. The van der Waals surface area contributed by atoms with Gasteiger partial charge in [-0.3, -0.25) is 9.59 Å². The van der Waals surface area contributed by atoms with Gasteiger partial charge in [-0.1, -0.05) is 26.0 Å². The number of ketones is 1. The van der Waals surface area contributed by atoms with Gasteiger partial charge in [-0.25, -0.2) is 9.59 Å². The van der Waals surface area contributed by atoms with Crippen LogP contribution in [0.15, 0.2) is 12.2 Å². The van der Waals surface area contributed by atoms with Crippen molar-refractivity contribution in [1.29, 1.82) is 0 Å². The number of carbonyl (C=O) groups is 4. The van der Waals surface area contributed by atoms with Crippen LogP contribution >= 0.6 is 0 Å². The van der Waals surface area contributed by atoms with Crippen LogP contribution in [0.5, 0.6) is 0 Å². The summed E-state index contributed by atoms with van der Waals surface area (Å²) >= 11 is 0. The lowest BCUT2D eigenvalue weighted by molar-refractivity contribution is -0.207. The van der Waals surface area contributed by atoms with E-state index in [2.05, 4.69) is 0 Å². The van der Waals surface area contributed by atoms with Gasteiger partial charge in [0.25, 0.3) is 0 Å². The van der Waals surface area contributed by atoms with Crippen molar-refractivity contribution in [3.63, 3.8) is 0 Å². The summed E-state index contributed by atoms with van der Waals surface area (Å²) in [6, 6.07) is 0. The minimum Gasteiger partial charge on any atom is -0.462 e. The maximum absolute atomic E-state index is 13.8. The molecular weight excluding hydrogens is 562 g/mol. The Kier molecular flexibility index (Phi) is 9.13. The average molecular weight is 597 g/mol. The van der Waals surface area contributed by atoms with E-state index in [1.165, 1.54) is 6.92 Å². The van der Waals surface area contributed by atoms with Crippen LogP contribution in [-0.4, -0.2) is 54.4 Å². The lowest BCUT2D eigenvalue weighted by Crippen LogP contribution is -2.39. The molecule has 7 nitrogen and oxygen atoms in total. The Hall–Kier alpha value is -2.60. The normalized spacial score (nSPS) is 38.0. The molecule has 1 saturated heterocycles. The monoisotopic (exact) mass is 596 g/mol. The van der Waals surface area contributed by atoms with E-state index < -0.39 is 72.1 Å². The van der Waals surface area contributed by atoms with Crippen LogP contribution in [0.3, 0.4) is 0 Å². The number of ether oxygens (including phenoxy) is 3. The molecule has 1 aliphatic heterocycles. The molecule has 0 spiro atoms. The second kappa shape index (κ2) is 11.9. The second-order valence-corrected chi connectivity index (χ2v) is 11.7. The molecule has 0 amide bonds. The van der Waals surface area contributed by atoms with E-state index in [1.807, 2.05) is 12.2 Å². The zero-order valence-corrected chi connectivity index (χ0v) is 22.7. The van der Waals surface area contributed by atoms with E-state index >= 15 is 0 Å². The summed E-state index contributed by atoms with van der Waals surface area (Å²) in [5, 5.41) is 0. The van der Waals surface area contributed by atoms with Crippen molar-refractivity contribution < 1.29 is 59.7 Å². The Morgan fingerprint density at radius 3 is 2.20 bits per heavy atom. The van der Waals surface area contributed by atoms with Crippen LogP contribution in [0.4, 0.5) is 26.3 Å². The number of cyclic esters (lactones) is 1. The molecule has 10 atom stereocenters. The van der Waals surface area contributed by atoms with Crippen molar-refractivity contribution in [2.24, 2.45) is 41.4 Å². The zero-order valence-electron chi connectivity index (χ0n) is 22.7. The number of carbonyl (C=O) groups excluding carboxylic acids is 4. The molecule has 1 heterocycles. The first-order valence-corrected chi connectivity index (χ1v) is 14.1. The van der Waals surface area contributed by atoms with E-state index in [0.29, 0.717) is 12.8 Å². The van der Waals surface area contributed by atoms with Gasteiger partial charge in [0.2, 0.25) is 0 Å². The SMILES string of the molecule is CC[C@@H]1CCC[C@H](OC(=O)C(F)(F)F)[C@H](C)C(=O)[C@H]2C[C@@H]3[C@@H](C=C[C@@H]4C[C@@H](OC(=O)C(F)(F)F)C[C@@H]34)[C@@H]2CC(=O)O1. The number of halogens is 6. The molecule has 0 unspecified atom stereocenters. The molecule has 4 rings (SSSR count). The van der Waals surface area contributed by atoms with Crippen LogP contribution in [0.1, 0.15) is 65.2 Å². The largest absolute Gasteiger partial charge is 0.490 e. The molecule has 0 N–H and O–H groups in total. The molecule has 0 aromatic rings. The van der Waals surface area contributed by atoms with E-state index in [-0.39, 0.29) is 62.2 Å². The van der Waals surface area contributed by atoms with Gasteiger partial charge in [-0.2, -0.15) is 26.3 Å². The Morgan fingerprint density at radius 2 is 1.56 bits per heavy atom. The zero-order chi connectivity index (χ0) is 30.3. The predicted molar refractivity (Wildman–Crippen MR) is 129 cm³/mol. The van der Waals surface area contributed by atoms with Crippen LogP contribution in [0, 0.1) is 41.4 Å². The summed E-state index contributed by atoms with van der Waals surface area (Å²) < 4.78 is 92.6. The van der Waals surface area contributed by atoms with Crippen LogP contribution in [-0.2, 0) is 33.4 Å². The first-order valence-electron chi connectivity index (χ1n) is 14.1. The minimum atomic E-state index is -5.23. The Balaban J connectivity index is 1.59. The van der Waals surface area contributed by atoms with Gasteiger partial charge in [0, 0.05) is 12.3 Å². The van der Waals surface area contributed by atoms with E-state index in [4.69, 9.17) is 14.2 Å². The van der Waals surface area contributed by atoms with Crippen LogP contribution in [0.2, 0.25) is 0 Å². The van der Waals surface area contributed by atoms with Crippen molar-refractivity contribution in [3.05, 3.63) is 12.2 Å². The van der Waals surface area contributed by atoms with Gasteiger partial charge in [-0.05, 0) is 74.5 Å². The summed E-state index contributed by atoms with van der Waals surface area (Å²) in [7, 11) is 0. The summed E-state index contributed by atoms with van der Waals surface area (Å²) in [6.07, 6.45) is -7.88. The number of rotatable bonds is 3. The number of Topliss-reactive ketones (excluding diaryl/α,β-unsaturated/α-hetero) is 1. The molecule has 0 radical (unpaired) electrons. The van der Waals surface area contributed by atoms with Gasteiger partial charge in [0.15, 0.2) is 0 Å². The summed E-state index contributed by atoms with van der Waals surface area (Å²) in [6.45, 7) is 3.23. The highest BCUT2D eigenvalue weighted by molar-refractivity contribution is 5.86. The smallest absolute Gasteiger partial charge is 0.462 e. The highest BCUT2D eigenvalue weighted by atomic mass is 19.4. The van der Waals surface area contributed by atoms with Gasteiger partial charge < -0.3 is 14.2 Å². The molecule has 0 aromatic heterocycles. The number of fused-ring (bicyclic) bond motifs is 5. The Morgan fingerprint density at radius 1 is 0.902 bits per heavy atom. The topological polar surface area (TPSA) is 96.0 Å². The van der Waals surface area contributed by atoms with Gasteiger partial charge in [-0.15, -0.1) is 0 Å². The van der Waals surface area contributed by atoms with E-state index in [0.717, 1.165) is 0 Å². The third kappa shape index (κ3) is 6.90. The molecule has 3 aliphatic carbocycles. The van der Waals surface area contributed by atoms with Crippen molar-refractivity contribution in [2.75, 3.05) is 0 Å². The fourth-order valence-corrected chi connectivity index (χ4v) is 7.37. The molecule has 2 saturated carbocycles. The molecule has 0 bridgehead atoms. The third-order valence-corrected chi connectivity index (χ3v) is 9.32. The minimum absolute atomic E-state index is 0.0239. The van der Waals surface area contributed by atoms with Gasteiger partial charge in [0.1, 0.15) is 24.1 Å². The van der Waals surface area contributed by atoms with Crippen molar-refractivity contribution in [2.45, 2.75) is 95.9 Å². The number of hydrogen-bond donors (Lipinski definition) is 0. The van der Waals surface area contributed by atoms with Crippen molar-refractivity contribution >= 4 is 23.7 Å². The Labute approximate surface area is 233 Å². The standard InChI is InChI=1S/C28H34F6O7/c1-3-15-5-4-6-22(41-26(38)28(32,33)34)13(2)24(36)21-11-19-17(20(21)12-23(35)39-15)8-7-14-9-16(10-18(14)19)40-25(37)27(29,30)31/h7-8,13-22H,3-6,9-12H2,1-2H3/t13-,14+,15+,16+,17+,18+,19+,20-,21-,22-/m0/s1. The number of hydrogen-bond acceptors (Lipinski definition) is 7. The van der Waals surface area contributed by atoms with Gasteiger partial charge in [0.05, 0.1) is 5.92 Å². The third-order valence-electron chi connectivity index (χ3n) is 9.32. The molecular formula is C28H34F6O7. The maximum atomic E-state index is 13.8.